The highest BCUT2D eigenvalue weighted by Crippen LogP contribution is 2.43. The van der Waals surface area contributed by atoms with Gasteiger partial charge in [-0.15, -0.1) is 11.3 Å². The molecule has 1 spiro atoms. The molecule has 0 bridgehead atoms. The zero-order valence-electron chi connectivity index (χ0n) is 14.7. The molecule has 2 aliphatic rings. The third-order valence-corrected chi connectivity index (χ3v) is 6.24. The number of amides is 1. The molecule has 0 aromatic carbocycles. The Labute approximate surface area is 151 Å². The van der Waals surface area contributed by atoms with Crippen molar-refractivity contribution in [1.29, 1.82) is 0 Å². The van der Waals surface area contributed by atoms with E-state index in [0.717, 1.165) is 50.3 Å². The summed E-state index contributed by atoms with van der Waals surface area (Å²) in [5.74, 6) is 0.0211. The normalized spacial score (nSPS) is 19.8. The van der Waals surface area contributed by atoms with Crippen molar-refractivity contribution in [2.45, 2.75) is 31.8 Å². The number of thiophene rings is 1. The van der Waals surface area contributed by atoms with Gasteiger partial charge in [-0.1, -0.05) is 0 Å². The van der Waals surface area contributed by atoms with Gasteiger partial charge in [-0.3, -0.25) is 14.4 Å². The van der Waals surface area contributed by atoms with E-state index >= 15 is 0 Å². The Morgan fingerprint density at radius 1 is 1.44 bits per heavy atom. The third-order valence-electron chi connectivity index (χ3n) is 5.26. The van der Waals surface area contributed by atoms with Crippen molar-refractivity contribution in [3.05, 3.63) is 33.8 Å². The number of carbonyl (C=O) groups excluding carboxylic acids is 1. The largest absolute Gasteiger partial charge is 0.370 e. The van der Waals surface area contributed by atoms with Crippen molar-refractivity contribution in [3.8, 4) is 0 Å². The summed E-state index contributed by atoms with van der Waals surface area (Å²) in [6.45, 7) is 4.90. The average Bonchev–Trinajstić information content (AvgIpc) is 3.17. The predicted octanol–water partition coefficient (Wildman–Crippen LogP) is 2.29. The molecule has 0 atom stereocenters. The zero-order valence-corrected chi connectivity index (χ0v) is 15.6. The summed E-state index contributed by atoms with van der Waals surface area (Å²) in [7, 11) is 1.86. The van der Waals surface area contributed by atoms with Crippen LogP contribution in [0.2, 0.25) is 0 Å². The Bertz CT molecular complexity index is 774. The maximum Gasteiger partial charge on any atom is 0.238 e. The van der Waals surface area contributed by atoms with Gasteiger partial charge in [0.15, 0.2) is 0 Å². The van der Waals surface area contributed by atoms with Gasteiger partial charge in [0, 0.05) is 37.6 Å². The topological polar surface area (TPSA) is 59.4 Å². The Morgan fingerprint density at radius 2 is 2.24 bits per heavy atom. The van der Waals surface area contributed by atoms with E-state index in [-0.39, 0.29) is 11.5 Å². The monoisotopic (exact) mass is 360 g/mol. The minimum atomic E-state index is -0.125. The first-order valence-corrected chi connectivity index (χ1v) is 9.67. The molecule has 6 nitrogen and oxygen atoms in total. The van der Waals surface area contributed by atoms with Crippen molar-refractivity contribution in [1.82, 2.24) is 14.7 Å². The lowest BCUT2D eigenvalue weighted by molar-refractivity contribution is -0.121. The highest BCUT2D eigenvalue weighted by molar-refractivity contribution is 7.10. The summed E-state index contributed by atoms with van der Waals surface area (Å²) in [6.07, 6.45) is 4.78. The first-order valence-electron chi connectivity index (χ1n) is 8.79. The number of nitrogens with zero attached hydrogens (tertiary/aromatic N) is 3. The molecule has 7 heteroatoms. The lowest BCUT2D eigenvalue weighted by Gasteiger charge is -2.43. The Hall–Kier alpha value is -1.70. The molecule has 4 rings (SSSR count). The van der Waals surface area contributed by atoms with Crippen LogP contribution < -0.4 is 5.32 Å². The van der Waals surface area contributed by atoms with Gasteiger partial charge in [0.25, 0.3) is 0 Å². The molecule has 0 radical (unpaired) electrons. The molecule has 1 saturated heterocycles. The van der Waals surface area contributed by atoms with Crippen LogP contribution >= 0.6 is 11.3 Å². The van der Waals surface area contributed by atoms with Crippen molar-refractivity contribution < 1.29 is 9.53 Å². The van der Waals surface area contributed by atoms with Crippen molar-refractivity contribution in [3.63, 3.8) is 0 Å². The number of nitrogens with one attached hydrogen (secondary N) is 1. The third kappa shape index (κ3) is 3.23. The van der Waals surface area contributed by atoms with Crippen LogP contribution in [0.25, 0.3) is 0 Å². The van der Waals surface area contributed by atoms with Crippen LogP contribution in [0.3, 0.4) is 0 Å². The van der Waals surface area contributed by atoms with E-state index < -0.39 is 0 Å². The molecular weight excluding hydrogens is 336 g/mol. The Morgan fingerprint density at radius 3 is 2.96 bits per heavy atom. The van der Waals surface area contributed by atoms with Crippen LogP contribution in [0, 0.1) is 6.92 Å². The highest BCUT2D eigenvalue weighted by Gasteiger charge is 2.41. The number of piperidine rings is 1. The standard InChI is InChI=1S/C18H24N4O2S/c1-13-15(11-21(2)20-13)19-17(23)12-22-7-5-18(6-8-22)14-4-10-25-16(14)3-9-24-18/h4,10-11H,3,5-9,12H2,1-2H3,(H,19,23). The maximum atomic E-state index is 12.3. The number of aryl methyl sites for hydroxylation is 2. The lowest BCUT2D eigenvalue weighted by Crippen LogP contribution is -2.48. The summed E-state index contributed by atoms with van der Waals surface area (Å²) < 4.78 is 7.94. The second-order valence-electron chi connectivity index (χ2n) is 6.98. The number of fused-ring (bicyclic) bond motifs is 2. The van der Waals surface area contributed by atoms with Gasteiger partial charge >= 0.3 is 0 Å². The van der Waals surface area contributed by atoms with Crippen molar-refractivity contribution in [2.75, 3.05) is 31.6 Å². The summed E-state index contributed by atoms with van der Waals surface area (Å²) in [4.78, 5) is 16.0. The average molecular weight is 360 g/mol. The fraction of sp³-hybridized carbons (Fsp3) is 0.556. The van der Waals surface area contributed by atoms with Gasteiger partial charge in [0.2, 0.25) is 5.91 Å². The number of aromatic nitrogens is 2. The summed E-state index contributed by atoms with van der Waals surface area (Å²) in [5.41, 5.74) is 2.90. The van der Waals surface area contributed by atoms with Crippen LogP contribution in [0.5, 0.6) is 0 Å². The SMILES string of the molecule is Cc1nn(C)cc1NC(=O)CN1CCC2(CC1)OCCc1sccc12. The molecule has 0 saturated carbocycles. The Balaban J connectivity index is 1.35. The van der Waals surface area contributed by atoms with E-state index in [1.807, 2.05) is 31.5 Å². The highest BCUT2D eigenvalue weighted by atomic mass is 32.1. The number of anilines is 1. The number of ether oxygens (including phenoxy) is 1. The molecule has 0 unspecified atom stereocenters. The van der Waals surface area contributed by atoms with E-state index in [1.54, 1.807) is 4.68 Å². The smallest absolute Gasteiger partial charge is 0.238 e. The summed E-state index contributed by atoms with van der Waals surface area (Å²) >= 11 is 1.84. The first kappa shape index (κ1) is 16.8. The fourth-order valence-electron chi connectivity index (χ4n) is 3.96. The second kappa shape index (κ2) is 6.55. The number of hydrogen-bond donors (Lipinski definition) is 1. The van der Waals surface area contributed by atoms with Gasteiger partial charge in [-0.05, 0) is 36.8 Å². The van der Waals surface area contributed by atoms with Crippen LogP contribution in [0.1, 0.15) is 29.0 Å². The minimum absolute atomic E-state index is 0.0211. The van der Waals surface area contributed by atoms with Gasteiger partial charge in [-0.2, -0.15) is 5.10 Å². The Kier molecular flexibility index (Phi) is 4.39. The number of likely N-dealkylation sites (tertiary alicyclic amines) is 1. The molecule has 2 aromatic rings. The molecular formula is C18H24N4O2S. The van der Waals surface area contributed by atoms with Gasteiger partial charge in [0.1, 0.15) is 0 Å². The van der Waals surface area contributed by atoms with Crippen LogP contribution in [0.4, 0.5) is 5.69 Å². The van der Waals surface area contributed by atoms with E-state index in [1.165, 1.54) is 10.4 Å². The number of hydrogen-bond acceptors (Lipinski definition) is 5. The van der Waals surface area contributed by atoms with Gasteiger partial charge in [0.05, 0.1) is 30.1 Å². The van der Waals surface area contributed by atoms with Crippen LogP contribution in [-0.4, -0.2) is 46.8 Å². The quantitative estimate of drug-likeness (QED) is 0.912. The maximum absolute atomic E-state index is 12.3. The number of rotatable bonds is 3. The van der Waals surface area contributed by atoms with Gasteiger partial charge in [-0.25, -0.2) is 0 Å². The summed E-state index contributed by atoms with van der Waals surface area (Å²) in [6, 6.07) is 2.23. The molecule has 2 aromatic heterocycles. The molecule has 134 valence electrons. The fourth-order valence-corrected chi connectivity index (χ4v) is 4.91. The van der Waals surface area contributed by atoms with Crippen LogP contribution in [-0.2, 0) is 28.6 Å². The molecule has 1 N–H and O–H groups in total. The van der Waals surface area contributed by atoms with Crippen molar-refractivity contribution in [2.24, 2.45) is 7.05 Å². The predicted molar refractivity (Wildman–Crippen MR) is 97.9 cm³/mol. The van der Waals surface area contributed by atoms with Crippen molar-refractivity contribution >= 4 is 22.9 Å². The minimum Gasteiger partial charge on any atom is -0.370 e. The van der Waals surface area contributed by atoms with E-state index in [2.05, 4.69) is 26.8 Å². The summed E-state index contributed by atoms with van der Waals surface area (Å²) in [5, 5.41) is 9.40. The lowest BCUT2D eigenvalue weighted by atomic mass is 9.82. The first-order chi connectivity index (χ1) is 12.1. The van der Waals surface area contributed by atoms with E-state index in [9.17, 15) is 4.79 Å². The molecule has 1 amide bonds. The zero-order chi connectivity index (χ0) is 17.4. The number of carbonyl (C=O) groups is 1. The molecule has 2 aliphatic heterocycles. The van der Waals surface area contributed by atoms with Gasteiger partial charge < -0.3 is 10.1 Å². The molecule has 0 aliphatic carbocycles. The molecule has 1 fully saturated rings. The second-order valence-corrected chi connectivity index (χ2v) is 7.98. The van der Waals surface area contributed by atoms with E-state index in [0.29, 0.717) is 6.54 Å². The molecule has 4 heterocycles. The van der Waals surface area contributed by atoms with E-state index in [4.69, 9.17) is 4.74 Å². The van der Waals surface area contributed by atoms with Crippen LogP contribution in [0.15, 0.2) is 17.6 Å². The molecule has 25 heavy (non-hydrogen) atoms.